The SMILES string of the molecule is CO/C=C(/C(=O)O)c1ccccc1SCc1c(C)noc1C. The van der Waals surface area contributed by atoms with Crippen molar-refractivity contribution in [2.75, 3.05) is 7.11 Å². The molecule has 5 nitrogen and oxygen atoms in total. The number of hydrogen-bond acceptors (Lipinski definition) is 5. The molecule has 0 spiro atoms. The highest BCUT2D eigenvalue weighted by molar-refractivity contribution is 7.98. The van der Waals surface area contributed by atoms with E-state index in [1.54, 1.807) is 17.8 Å². The first-order chi connectivity index (χ1) is 10.5. The normalized spacial score (nSPS) is 11.5. The second-order valence-corrected chi connectivity index (χ2v) is 5.68. The van der Waals surface area contributed by atoms with Gasteiger partial charge in [-0.05, 0) is 19.9 Å². The van der Waals surface area contributed by atoms with Gasteiger partial charge in [0, 0.05) is 21.8 Å². The Labute approximate surface area is 133 Å². The summed E-state index contributed by atoms with van der Waals surface area (Å²) in [7, 11) is 1.43. The monoisotopic (exact) mass is 319 g/mol. The molecule has 0 bridgehead atoms. The predicted molar refractivity (Wildman–Crippen MR) is 84.6 cm³/mol. The molecule has 6 heteroatoms. The van der Waals surface area contributed by atoms with Crippen molar-refractivity contribution in [2.45, 2.75) is 24.5 Å². The first kappa shape index (κ1) is 16.2. The fraction of sp³-hybridized carbons (Fsp3) is 0.250. The highest BCUT2D eigenvalue weighted by Crippen LogP contribution is 2.32. The van der Waals surface area contributed by atoms with Gasteiger partial charge in [0.05, 0.1) is 19.1 Å². The van der Waals surface area contributed by atoms with Crippen LogP contribution < -0.4 is 0 Å². The zero-order valence-electron chi connectivity index (χ0n) is 12.6. The van der Waals surface area contributed by atoms with Gasteiger partial charge in [-0.1, -0.05) is 23.4 Å². The molecule has 116 valence electrons. The largest absolute Gasteiger partial charge is 0.503 e. The molecule has 0 fully saturated rings. The summed E-state index contributed by atoms with van der Waals surface area (Å²) in [6, 6.07) is 7.35. The van der Waals surface area contributed by atoms with E-state index in [9.17, 15) is 9.90 Å². The van der Waals surface area contributed by atoms with Gasteiger partial charge in [0.25, 0.3) is 0 Å². The molecule has 1 aromatic heterocycles. The van der Waals surface area contributed by atoms with Crippen LogP contribution in [0.5, 0.6) is 0 Å². The fourth-order valence-corrected chi connectivity index (χ4v) is 3.24. The first-order valence-corrected chi connectivity index (χ1v) is 7.63. The van der Waals surface area contributed by atoms with E-state index in [2.05, 4.69) is 5.16 Å². The van der Waals surface area contributed by atoms with Crippen LogP contribution in [0.3, 0.4) is 0 Å². The molecule has 0 aliphatic heterocycles. The maximum Gasteiger partial charge on any atom is 0.339 e. The molecule has 22 heavy (non-hydrogen) atoms. The van der Waals surface area contributed by atoms with Gasteiger partial charge in [0.2, 0.25) is 0 Å². The van der Waals surface area contributed by atoms with Crippen molar-refractivity contribution in [1.82, 2.24) is 5.16 Å². The van der Waals surface area contributed by atoms with Crippen LogP contribution >= 0.6 is 11.8 Å². The van der Waals surface area contributed by atoms with Gasteiger partial charge in [0.15, 0.2) is 0 Å². The van der Waals surface area contributed by atoms with Crippen molar-refractivity contribution in [3.63, 3.8) is 0 Å². The van der Waals surface area contributed by atoms with Gasteiger partial charge in [-0.15, -0.1) is 11.8 Å². The van der Waals surface area contributed by atoms with Crippen LogP contribution in [0.4, 0.5) is 0 Å². The highest BCUT2D eigenvalue weighted by atomic mass is 32.2. The summed E-state index contributed by atoms with van der Waals surface area (Å²) in [6.07, 6.45) is 1.25. The Bertz CT molecular complexity index is 686. The molecule has 0 aliphatic carbocycles. The zero-order chi connectivity index (χ0) is 16.1. The number of carbonyl (C=O) groups is 1. The molecule has 0 saturated carbocycles. The number of thioether (sulfide) groups is 1. The number of methoxy groups -OCH3 is 1. The summed E-state index contributed by atoms with van der Waals surface area (Å²) in [5, 5.41) is 13.3. The lowest BCUT2D eigenvalue weighted by molar-refractivity contribution is -0.130. The third-order valence-electron chi connectivity index (χ3n) is 3.20. The maximum atomic E-state index is 11.4. The Balaban J connectivity index is 2.29. The van der Waals surface area contributed by atoms with E-state index in [4.69, 9.17) is 9.26 Å². The number of aromatic nitrogens is 1. The minimum absolute atomic E-state index is 0.129. The second kappa shape index (κ2) is 7.17. The fourth-order valence-electron chi connectivity index (χ4n) is 2.02. The molecule has 2 rings (SSSR count). The van der Waals surface area contributed by atoms with Gasteiger partial charge in [0.1, 0.15) is 11.3 Å². The molecule has 1 aromatic carbocycles. The average molecular weight is 319 g/mol. The van der Waals surface area contributed by atoms with Gasteiger partial charge >= 0.3 is 5.97 Å². The number of aliphatic carboxylic acids is 1. The van der Waals surface area contributed by atoms with Gasteiger partial charge < -0.3 is 14.4 Å². The topological polar surface area (TPSA) is 72.6 Å². The van der Waals surface area contributed by atoms with Crippen molar-refractivity contribution in [3.8, 4) is 0 Å². The van der Waals surface area contributed by atoms with E-state index in [-0.39, 0.29) is 5.57 Å². The molecule has 0 unspecified atom stereocenters. The Morgan fingerprint density at radius 3 is 2.73 bits per heavy atom. The van der Waals surface area contributed by atoms with Crippen LogP contribution in [0.15, 0.2) is 39.9 Å². The summed E-state index contributed by atoms with van der Waals surface area (Å²) in [5.41, 5.74) is 2.65. The van der Waals surface area contributed by atoms with Crippen LogP contribution in [-0.4, -0.2) is 23.3 Å². The molecule has 0 saturated heterocycles. The third-order valence-corrected chi connectivity index (χ3v) is 4.30. The summed E-state index contributed by atoms with van der Waals surface area (Å²) in [5.74, 6) is 0.429. The molecular weight excluding hydrogens is 302 g/mol. The minimum atomic E-state index is -1.02. The highest BCUT2D eigenvalue weighted by Gasteiger charge is 2.16. The average Bonchev–Trinajstić information content (AvgIpc) is 2.82. The van der Waals surface area contributed by atoms with E-state index < -0.39 is 5.97 Å². The zero-order valence-corrected chi connectivity index (χ0v) is 13.4. The Morgan fingerprint density at radius 2 is 2.14 bits per heavy atom. The standard InChI is InChI=1S/C16H17NO4S/c1-10-14(11(2)21-17-10)9-22-15-7-5-4-6-12(15)13(8-20-3)16(18)19/h4-8H,9H2,1-3H3,(H,18,19)/b13-8+. The lowest BCUT2D eigenvalue weighted by Gasteiger charge is -2.09. The number of carboxylic acids is 1. The third kappa shape index (κ3) is 3.51. The molecule has 0 atom stereocenters. The maximum absolute atomic E-state index is 11.4. The number of carboxylic acid groups (broad SMARTS) is 1. The molecule has 0 radical (unpaired) electrons. The first-order valence-electron chi connectivity index (χ1n) is 6.64. The van der Waals surface area contributed by atoms with E-state index >= 15 is 0 Å². The van der Waals surface area contributed by atoms with E-state index in [0.29, 0.717) is 11.3 Å². The minimum Gasteiger partial charge on any atom is -0.503 e. The molecule has 0 amide bonds. The quantitative estimate of drug-likeness (QED) is 0.498. The summed E-state index contributed by atoms with van der Waals surface area (Å²) >= 11 is 1.54. The van der Waals surface area contributed by atoms with Crippen LogP contribution in [0, 0.1) is 13.8 Å². The number of nitrogens with zero attached hydrogens (tertiary/aromatic N) is 1. The van der Waals surface area contributed by atoms with Crippen molar-refractivity contribution in [3.05, 3.63) is 53.1 Å². The van der Waals surface area contributed by atoms with Crippen molar-refractivity contribution >= 4 is 23.3 Å². The summed E-state index contributed by atoms with van der Waals surface area (Å²) in [4.78, 5) is 12.3. The van der Waals surface area contributed by atoms with Crippen LogP contribution in [0.2, 0.25) is 0 Å². The Kier molecular flexibility index (Phi) is 5.27. The van der Waals surface area contributed by atoms with Gasteiger partial charge in [-0.3, -0.25) is 0 Å². The van der Waals surface area contributed by atoms with E-state index in [0.717, 1.165) is 21.9 Å². The second-order valence-electron chi connectivity index (χ2n) is 4.66. The van der Waals surface area contributed by atoms with E-state index in [1.807, 2.05) is 32.0 Å². The number of aryl methyl sites for hydroxylation is 2. The molecule has 1 N–H and O–H groups in total. The Morgan fingerprint density at radius 1 is 1.41 bits per heavy atom. The molecular formula is C16H17NO4S. The summed E-state index contributed by atoms with van der Waals surface area (Å²) < 4.78 is 10.0. The molecule has 0 aliphatic rings. The number of hydrogen-bond donors (Lipinski definition) is 1. The van der Waals surface area contributed by atoms with Gasteiger partial charge in [-0.25, -0.2) is 4.79 Å². The number of benzene rings is 1. The van der Waals surface area contributed by atoms with Crippen LogP contribution in [0.1, 0.15) is 22.6 Å². The van der Waals surface area contributed by atoms with Crippen LogP contribution in [0.25, 0.3) is 5.57 Å². The van der Waals surface area contributed by atoms with E-state index in [1.165, 1.54) is 13.4 Å². The summed E-state index contributed by atoms with van der Waals surface area (Å²) in [6.45, 7) is 3.76. The van der Waals surface area contributed by atoms with Crippen molar-refractivity contribution in [2.24, 2.45) is 0 Å². The Hall–Kier alpha value is -2.21. The smallest absolute Gasteiger partial charge is 0.339 e. The lowest BCUT2D eigenvalue weighted by atomic mass is 10.1. The lowest BCUT2D eigenvalue weighted by Crippen LogP contribution is -2.02. The van der Waals surface area contributed by atoms with Crippen molar-refractivity contribution < 1.29 is 19.2 Å². The number of ether oxygens (including phenoxy) is 1. The van der Waals surface area contributed by atoms with Crippen LogP contribution in [-0.2, 0) is 15.3 Å². The molecule has 2 aromatic rings. The number of rotatable bonds is 6. The van der Waals surface area contributed by atoms with Gasteiger partial charge in [-0.2, -0.15) is 0 Å². The molecule has 1 heterocycles. The predicted octanol–water partition coefficient (Wildman–Crippen LogP) is 3.66. The van der Waals surface area contributed by atoms with Crippen molar-refractivity contribution in [1.29, 1.82) is 0 Å².